The van der Waals surface area contributed by atoms with Gasteiger partial charge < -0.3 is 24.8 Å². The lowest BCUT2D eigenvalue weighted by Gasteiger charge is -2.29. The SMILES string of the molecule is CCOCCOCc1cccc(NC(=O)N2CCc3ccc(O)cc3C2)c1C. The second kappa shape index (κ2) is 9.57. The number of hydrogen-bond donors (Lipinski definition) is 2. The molecule has 0 saturated carbocycles. The van der Waals surface area contributed by atoms with Crippen molar-refractivity contribution in [2.45, 2.75) is 33.4 Å². The Morgan fingerprint density at radius 2 is 2.00 bits per heavy atom. The lowest BCUT2D eigenvalue weighted by molar-refractivity contribution is 0.0451. The van der Waals surface area contributed by atoms with Gasteiger partial charge in [-0.3, -0.25) is 0 Å². The molecule has 0 aliphatic carbocycles. The zero-order chi connectivity index (χ0) is 19.9. The van der Waals surface area contributed by atoms with Crippen LogP contribution in [-0.2, 0) is 29.0 Å². The molecule has 2 N–H and O–H groups in total. The number of ether oxygens (including phenoxy) is 2. The molecule has 1 aliphatic rings. The van der Waals surface area contributed by atoms with E-state index in [-0.39, 0.29) is 11.8 Å². The Kier molecular flexibility index (Phi) is 6.90. The predicted octanol–water partition coefficient (Wildman–Crippen LogP) is 3.84. The third-order valence-electron chi connectivity index (χ3n) is 5.01. The van der Waals surface area contributed by atoms with Crippen LogP contribution in [0, 0.1) is 6.92 Å². The van der Waals surface area contributed by atoms with E-state index in [0.29, 0.717) is 39.5 Å². The minimum Gasteiger partial charge on any atom is -0.508 e. The number of nitrogens with zero attached hydrogens (tertiary/aromatic N) is 1. The van der Waals surface area contributed by atoms with Crippen LogP contribution in [0.3, 0.4) is 0 Å². The summed E-state index contributed by atoms with van der Waals surface area (Å²) in [4.78, 5) is 14.5. The number of anilines is 1. The topological polar surface area (TPSA) is 71.0 Å². The molecule has 0 bridgehead atoms. The van der Waals surface area contributed by atoms with Crippen LogP contribution >= 0.6 is 0 Å². The number of hydrogen-bond acceptors (Lipinski definition) is 4. The summed E-state index contributed by atoms with van der Waals surface area (Å²) in [5, 5.41) is 12.7. The van der Waals surface area contributed by atoms with Gasteiger partial charge in [0.25, 0.3) is 0 Å². The Labute approximate surface area is 166 Å². The molecular formula is C22H28N2O4. The van der Waals surface area contributed by atoms with Crippen molar-refractivity contribution in [2.24, 2.45) is 0 Å². The summed E-state index contributed by atoms with van der Waals surface area (Å²) in [6, 6.07) is 11.1. The van der Waals surface area contributed by atoms with Crippen LogP contribution in [0.15, 0.2) is 36.4 Å². The summed E-state index contributed by atoms with van der Waals surface area (Å²) in [5.74, 6) is 0.230. The summed E-state index contributed by atoms with van der Waals surface area (Å²) in [7, 11) is 0. The van der Waals surface area contributed by atoms with E-state index < -0.39 is 0 Å². The third-order valence-corrected chi connectivity index (χ3v) is 5.01. The van der Waals surface area contributed by atoms with Gasteiger partial charge in [0.2, 0.25) is 0 Å². The second-order valence-electron chi connectivity index (χ2n) is 6.89. The first kappa shape index (κ1) is 20.2. The molecule has 150 valence electrons. The van der Waals surface area contributed by atoms with Crippen molar-refractivity contribution in [1.82, 2.24) is 4.90 Å². The van der Waals surface area contributed by atoms with E-state index >= 15 is 0 Å². The zero-order valence-electron chi connectivity index (χ0n) is 16.5. The highest BCUT2D eigenvalue weighted by molar-refractivity contribution is 5.90. The molecule has 6 heteroatoms. The Hall–Kier alpha value is -2.57. The maximum Gasteiger partial charge on any atom is 0.322 e. The largest absolute Gasteiger partial charge is 0.508 e. The number of fused-ring (bicyclic) bond motifs is 1. The molecule has 1 heterocycles. The van der Waals surface area contributed by atoms with E-state index in [9.17, 15) is 9.90 Å². The third kappa shape index (κ3) is 5.03. The van der Waals surface area contributed by atoms with Crippen LogP contribution in [0.25, 0.3) is 0 Å². The molecule has 2 aromatic carbocycles. The number of nitrogens with one attached hydrogen (secondary N) is 1. The molecular weight excluding hydrogens is 356 g/mol. The molecule has 2 amide bonds. The monoisotopic (exact) mass is 384 g/mol. The van der Waals surface area contributed by atoms with Gasteiger partial charge in [0, 0.05) is 25.4 Å². The van der Waals surface area contributed by atoms with Crippen molar-refractivity contribution < 1.29 is 19.4 Å². The lowest BCUT2D eigenvalue weighted by Crippen LogP contribution is -2.39. The van der Waals surface area contributed by atoms with Gasteiger partial charge in [0.05, 0.1) is 19.8 Å². The van der Waals surface area contributed by atoms with Crippen molar-refractivity contribution in [3.8, 4) is 5.75 Å². The van der Waals surface area contributed by atoms with E-state index in [4.69, 9.17) is 9.47 Å². The number of benzene rings is 2. The Balaban J connectivity index is 1.60. The fourth-order valence-corrected chi connectivity index (χ4v) is 3.33. The number of phenolic OH excluding ortho intramolecular Hbond substituents is 1. The average molecular weight is 384 g/mol. The number of phenols is 1. The highest BCUT2D eigenvalue weighted by Crippen LogP contribution is 2.25. The fraction of sp³-hybridized carbons (Fsp3) is 0.409. The molecule has 0 spiro atoms. The van der Waals surface area contributed by atoms with Crippen molar-refractivity contribution in [2.75, 3.05) is 31.7 Å². The highest BCUT2D eigenvalue weighted by atomic mass is 16.5. The molecule has 6 nitrogen and oxygen atoms in total. The number of carbonyl (C=O) groups is 1. The van der Waals surface area contributed by atoms with Gasteiger partial charge in [-0.25, -0.2) is 4.79 Å². The van der Waals surface area contributed by atoms with E-state index in [1.54, 1.807) is 17.0 Å². The Morgan fingerprint density at radius 3 is 2.82 bits per heavy atom. The first-order valence-electron chi connectivity index (χ1n) is 9.69. The Bertz CT molecular complexity index is 822. The highest BCUT2D eigenvalue weighted by Gasteiger charge is 2.21. The molecule has 0 fully saturated rings. The van der Waals surface area contributed by atoms with Crippen molar-refractivity contribution >= 4 is 11.7 Å². The van der Waals surface area contributed by atoms with E-state index in [1.165, 1.54) is 5.56 Å². The average Bonchev–Trinajstić information content (AvgIpc) is 2.69. The molecule has 0 aromatic heterocycles. The maximum absolute atomic E-state index is 12.8. The normalized spacial score (nSPS) is 13.3. The quantitative estimate of drug-likeness (QED) is 0.712. The fourth-order valence-electron chi connectivity index (χ4n) is 3.33. The van der Waals surface area contributed by atoms with Crippen LogP contribution in [0.4, 0.5) is 10.5 Å². The summed E-state index contributed by atoms with van der Waals surface area (Å²) < 4.78 is 10.9. The summed E-state index contributed by atoms with van der Waals surface area (Å²) in [6.45, 7) is 7.39. The Morgan fingerprint density at radius 1 is 1.18 bits per heavy atom. The van der Waals surface area contributed by atoms with Crippen LogP contribution in [0.5, 0.6) is 5.75 Å². The molecule has 1 aliphatic heterocycles. The van der Waals surface area contributed by atoms with Crippen LogP contribution in [0.2, 0.25) is 0 Å². The van der Waals surface area contributed by atoms with Gasteiger partial charge >= 0.3 is 6.03 Å². The van der Waals surface area contributed by atoms with Gasteiger partial charge in [0.1, 0.15) is 5.75 Å². The second-order valence-corrected chi connectivity index (χ2v) is 6.89. The van der Waals surface area contributed by atoms with Crippen molar-refractivity contribution in [3.05, 3.63) is 58.7 Å². The van der Waals surface area contributed by atoms with Gasteiger partial charge in [-0.2, -0.15) is 0 Å². The smallest absolute Gasteiger partial charge is 0.322 e. The number of amides is 2. The minimum atomic E-state index is -0.133. The number of urea groups is 1. The maximum atomic E-state index is 12.8. The van der Waals surface area contributed by atoms with Crippen LogP contribution in [0.1, 0.15) is 29.2 Å². The molecule has 2 aromatic rings. The first-order valence-corrected chi connectivity index (χ1v) is 9.69. The molecule has 3 rings (SSSR count). The molecule has 0 radical (unpaired) electrons. The minimum absolute atomic E-state index is 0.133. The number of rotatable bonds is 7. The van der Waals surface area contributed by atoms with Crippen molar-refractivity contribution in [3.63, 3.8) is 0 Å². The van der Waals surface area contributed by atoms with Crippen molar-refractivity contribution in [1.29, 1.82) is 0 Å². The summed E-state index contributed by atoms with van der Waals surface area (Å²) >= 11 is 0. The van der Waals surface area contributed by atoms with Gasteiger partial charge in [-0.15, -0.1) is 0 Å². The van der Waals surface area contributed by atoms with E-state index in [1.807, 2.05) is 38.1 Å². The molecule has 28 heavy (non-hydrogen) atoms. The summed E-state index contributed by atoms with van der Waals surface area (Å²) in [5.41, 5.74) is 5.02. The molecule has 0 unspecified atom stereocenters. The van der Waals surface area contributed by atoms with Crippen LogP contribution < -0.4 is 5.32 Å². The number of aromatic hydroxyl groups is 1. The van der Waals surface area contributed by atoms with E-state index in [2.05, 4.69) is 5.32 Å². The van der Waals surface area contributed by atoms with Gasteiger partial charge in [0.15, 0.2) is 0 Å². The van der Waals surface area contributed by atoms with E-state index in [0.717, 1.165) is 28.8 Å². The zero-order valence-corrected chi connectivity index (χ0v) is 16.5. The van der Waals surface area contributed by atoms with Gasteiger partial charge in [-0.1, -0.05) is 18.2 Å². The molecule has 0 saturated heterocycles. The predicted molar refractivity (Wildman–Crippen MR) is 109 cm³/mol. The number of carbonyl (C=O) groups excluding carboxylic acids is 1. The lowest BCUT2D eigenvalue weighted by atomic mass is 10.00. The van der Waals surface area contributed by atoms with Crippen LogP contribution in [-0.4, -0.2) is 42.4 Å². The molecule has 0 atom stereocenters. The van der Waals surface area contributed by atoms with Gasteiger partial charge in [-0.05, 0) is 60.7 Å². The summed E-state index contributed by atoms with van der Waals surface area (Å²) in [6.07, 6.45) is 0.787. The standard InChI is InChI=1S/C22H28N2O4/c1-3-27-11-12-28-15-18-5-4-6-21(16(18)2)23-22(26)24-10-9-17-7-8-20(25)13-19(17)14-24/h4-8,13,25H,3,9-12,14-15H2,1-2H3,(H,23,26). The first-order chi connectivity index (χ1) is 13.6.